The van der Waals surface area contributed by atoms with Gasteiger partial charge in [-0.1, -0.05) is 211 Å². The molecule has 0 saturated heterocycles. The lowest BCUT2D eigenvalue weighted by molar-refractivity contribution is -0.151. The first-order valence-electron chi connectivity index (χ1n) is 25.7. The second-order valence-corrected chi connectivity index (χ2v) is 17.5. The predicted molar refractivity (Wildman–Crippen MR) is 255 cm³/mol. The highest BCUT2D eigenvalue weighted by molar-refractivity contribution is 5.77. The first kappa shape index (κ1) is 57.1. The summed E-state index contributed by atoms with van der Waals surface area (Å²) in [5, 5.41) is 23.7. The second kappa shape index (κ2) is 47.1. The van der Waals surface area contributed by atoms with Crippen molar-refractivity contribution in [2.75, 3.05) is 6.61 Å². The molecule has 0 bridgehead atoms. The van der Waals surface area contributed by atoms with Crippen molar-refractivity contribution in [3.8, 4) is 0 Å². The molecule has 0 aliphatic carbocycles. The Bertz CT molecular complexity index is 977. The molecule has 0 aromatic carbocycles. The Kier molecular flexibility index (Phi) is 45.6. The lowest BCUT2D eigenvalue weighted by atomic mass is 10.0. The van der Waals surface area contributed by atoms with Crippen molar-refractivity contribution in [3.63, 3.8) is 0 Å². The van der Waals surface area contributed by atoms with Gasteiger partial charge in [-0.15, -0.1) is 0 Å². The monoisotopic (exact) mass is 830 g/mol. The minimum Gasteiger partial charge on any atom is -0.462 e. The first-order chi connectivity index (χ1) is 29.0. The van der Waals surface area contributed by atoms with Crippen LogP contribution in [-0.2, 0) is 14.3 Å². The molecule has 0 saturated carbocycles. The normalized spacial score (nSPS) is 13.5. The summed E-state index contributed by atoms with van der Waals surface area (Å²) in [6.07, 6.45) is 54.9. The van der Waals surface area contributed by atoms with Crippen molar-refractivity contribution in [1.29, 1.82) is 0 Å². The topological polar surface area (TPSA) is 95.9 Å². The van der Waals surface area contributed by atoms with Gasteiger partial charge in [-0.25, -0.2) is 0 Å². The highest BCUT2D eigenvalue weighted by atomic mass is 16.5. The van der Waals surface area contributed by atoms with Gasteiger partial charge in [-0.2, -0.15) is 0 Å². The molecule has 0 aliphatic heterocycles. The maximum atomic E-state index is 13.2. The summed E-state index contributed by atoms with van der Waals surface area (Å²) in [6, 6.07) is -0.705. The van der Waals surface area contributed by atoms with Crippen LogP contribution in [0, 0.1) is 0 Å². The Morgan fingerprint density at radius 1 is 0.508 bits per heavy atom. The molecule has 0 heterocycles. The minimum absolute atomic E-state index is 0.0660. The number of hydrogen-bond donors (Lipinski definition) is 3. The molecule has 0 spiro atoms. The summed E-state index contributed by atoms with van der Waals surface area (Å²) in [5.41, 5.74) is 0. The fourth-order valence-corrected chi connectivity index (χ4v) is 7.82. The van der Waals surface area contributed by atoms with Crippen molar-refractivity contribution in [2.24, 2.45) is 0 Å². The number of nitrogens with one attached hydrogen (secondary N) is 1. The van der Waals surface area contributed by atoms with Crippen molar-refractivity contribution < 1.29 is 24.5 Å². The van der Waals surface area contributed by atoms with Crippen LogP contribution in [0.15, 0.2) is 36.5 Å². The zero-order valence-electron chi connectivity index (χ0n) is 39.4. The molecule has 6 heteroatoms. The zero-order valence-corrected chi connectivity index (χ0v) is 39.4. The highest BCUT2D eigenvalue weighted by Crippen LogP contribution is 2.18. The van der Waals surface area contributed by atoms with Gasteiger partial charge >= 0.3 is 5.97 Å². The standard InChI is InChI=1S/C53H99NO5/c1-4-7-10-13-16-19-22-25-27-29-32-35-38-41-44-49(59-53(58)46-43-40-37-34-31-28-26-23-20-17-14-11-8-5-2)47-52(57)54-50(48-55)51(56)45-42-39-36-33-30-24-21-18-15-12-9-6-3/h8,11,17,20,27,29,49-51,55-56H,4-7,9-10,12-16,18-19,21-26,28,30-48H2,1-3H3,(H,54,57)/b11-8+,20-17+,29-27+. The number of ether oxygens (including phenoxy) is 1. The quantitative estimate of drug-likeness (QED) is 0.0323. The Morgan fingerprint density at radius 2 is 0.915 bits per heavy atom. The van der Waals surface area contributed by atoms with Crippen LogP contribution in [0.2, 0.25) is 0 Å². The van der Waals surface area contributed by atoms with Gasteiger partial charge in [0.1, 0.15) is 6.10 Å². The number of carbonyl (C=O) groups is 2. The van der Waals surface area contributed by atoms with E-state index >= 15 is 0 Å². The average Bonchev–Trinajstić information content (AvgIpc) is 3.23. The maximum absolute atomic E-state index is 13.2. The number of aliphatic hydroxyl groups excluding tert-OH is 2. The predicted octanol–water partition coefficient (Wildman–Crippen LogP) is 15.3. The van der Waals surface area contributed by atoms with Crippen LogP contribution < -0.4 is 5.32 Å². The molecule has 59 heavy (non-hydrogen) atoms. The summed E-state index contributed by atoms with van der Waals surface area (Å²) >= 11 is 0. The molecule has 0 aromatic rings. The molecule has 0 aromatic heterocycles. The third kappa shape index (κ3) is 42.6. The van der Waals surface area contributed by atoms with E-state index in [0.29, 0.717) is 19.3 Å². The van der Waals surface area contributed by atoms with Gasteiger partial charge in [0.2, 0.25) is 5.91 Å². The number of amides is 1. The summed E-state index contributed by atoms with van der Waals surface area (Å²) in [5.74, 6) is -0.491. The lowest BCUT2D eigenvalue weighted by Crippen LogP contribution is -2.46. The molecule has 6 nitrogen and oxygen atoms in total. The fraction of sp³-hybridized carbons (Fsp3) is 0.849. The number of carbonyl (C=O) groups excluding carboxylic acids is 2. The van der Waals surface area contributed by atoms with Crippen LogP contribution >= 0.6 is 0 Å². The molecular weight excluding hydrogens is 731 g/mol. The summed E-state index contributed by atoms with van der Waals surface area (Å²) in [6.45, 7) is 6.38. The summed E-state index contributed by atoms with van der Waals surface area (Å²) < 4.78 is 5.92. The van der Waals surface area contributed by atoms with Gasteiger partial charge in [-0.05, 0) is 77.0 Å². The number of hydrogen-bond acceptors (Lipinski definition) is 5. The number of rotatable bonds is 46. The fourth-order valence-electron chi connectivity index (χ4n) is 7.82. The Morgan fingerprint density at radius 3 is 1.41 bits per heavy atom. The van der Waals surface area contributed by atoms with Crippen LogP contribution in [0.25, 0.3) is 0 Å². The molecule has 3 N–H and O–H groups in total. The van der Waals surface area contributed by atoms with Gasteiger partial charge in [0.05, 0.1) is 25.2 Å². The largest absolute Gasteiger partial charge is 0.462 e. The van der Waals surface area contributed by atoms with E-state index in [4.69, 9.17) is 4.74 Å². The van der Waals surface area contributed by atoms with Crippen molar-refractivity contribution in [1.82, 2.24) is 5.32 Å². The van der Waals surface area contributed by atoms with E-state index in [1.165, 1.54) is 135 Å². The Hall–Kier alpha value is -1.92. The van der Waals surface area contributed by atoms with Gasteiger partial charge < -0.3 is 20.3 Å². The molecule has 0 fully saturated rings. The third-order valence-corrected chi connectivity index (χ3v) is 11.7. The van der Waals surface area contributed by atoms with Crippen LogP contribution in [0.4, 0.5) is 0 Å². The molecule has 0 rings (SSSR count). The molecule has 0 radical (unpaired) electrons. The van der Waals surface area contributed by atoms with E-state index in [1.54, 1.807) is 0 Å². The average molecular weight is 830 g/mol. The highest BCUT2D eigenvalue weighted by Gasteiger charge is 2.24. The van der Waals surface area contributed by atoms with Crippen LogP contribution in [0.3, 0.4) is 0 Å². The Balaban J connectivity index is 4.60. The molecule has 3 atom stereocenters. The van der Waals surface area contributed by atoms with E-state index < -0.39 is 18.2 Å². The molecular formula is C53H99NO5. The first-order valence-corrected chi connectivity index (χ1v) is 25.7. The van der Waals surface area contributed by atoms with Crippen molar-refractivity contribution >= 4 is 11.9 Å². The molecule has 3 unspecified atom stereocenters. The number of esters is 1. The second-order valence-electron chi connectivity index (χ2n) is 17.5. The zero-order chi connectivity index (χ0) is 43.1. The van der Waals surface area contributed by atoms with Gasteiger partial charge in [0.15, 0.2) is 0 Å². The number of aliphatic hydroxyl groups is 2. The molecule has 0 aliphatic rings. The SMILES string of the molecule is CC/C=C/C/C=C/CCCCCCCCCC(=O)OC(CCCCC/C=C/CCCCCCCCC)CC(=O)NC(CO)C(O)CCCCCCCCCCCCCC. The number of allylic oxidation sites excluding steroid dienone is 6. The van der Waals surface area contributed by atoms with E-state index in [-0.39, 0.29) is 24.9 Å². The third-order valence-electron chi connectivity index (χ3n) is 11.7. The molecule has 1 amide bonds. The van der Waals surface area contributed by atoms with E-state index in [2.05, 4.69) is 62.5 Å². The van der Waals surface area contributed by atoms with Crippen molar-refractivity contribution in [3.05, 3.63) is 36.5 Å². The lowest BCUT2D eigenvalue weighted by Gasteiger charge is -2.24. The molecule has 346 valence electrons. The van der Waals surface area contributed by atoms with Gasteiger partial charge in [0, 0.05) is 6.42 Å². The van der Waals surface area contributed by atoms with E-state index in [1.807, 2.05) is 0 Å². The van der Waals surface area contributed by atoms with E-state index in [9.17, 15) is 19.8 Å². The van der Waals surface area contributed by atoms with Gasteiger partial charge in [0.25, 0.3) is 0 Å². The minimum atomic E-state index is -0.790. The smallest absolute Gasteiger partial charge is 0.306 e. The number of unbranched alkanes of at least 4 members (excludes halogenated alkanes) is 28. The maximum Gasteiger partial charge on any atom is 0.306 e. The summed E-state index contributed by atoms with van der Waals surface area (Å²) in [4.78, 5) is 26.1. The Labute approximate surface area is 366 Å². The van der Waals surface area contributed by atoms with Crippen molar-refractivity contribution in [2.45, 2.75) is 283 Å². The van der Waals surface area contributed by atoms with Crippen LogP contribution in [-0.4, -0.2) is 46.9 Å². The van der Waals surface area contributed by atoms with Crippen LogP contribution in [0.1, 0.15) is 265 Å². The summed E-state index contributed by atoms with van der Waals surface area (Å²) in [7, 11) is 0. The van der Waals surface area contributed by atoms with Gasteiger partial charge in [-0.3, -0.25) is 9.59 Å². The van der Waals surface area contributed by atoms with Crippen LogP contribution in [0.5, 0.6) is 0 Å². The van der Waals surface area contributed by atoms with E-state index in [0.717, 1.165) is 83.5 Å².